The molecule has 0 spiro atoms. The molecule has 1 aromatic heterocycles. The number of benzene rings is 1. The molecule has 7 N–H and O–H groups in total. The van der Waals surface area contributed by atoms with E-state index in [9.17, 15) is 24.9 Å². The Hall–Kier alpha value is -3.28. The normalized spacial score (nSPS) is 26.3. The van der Waals surface area contributed by atoms with Crippen LogP contribution < -0.4 is 5.32 Å². The van der Waals surface area contributed by atoms with Gasteiger partial charge in [-0.05, 0) is 74.8 Å². The van der Waals surface area contributed by atoms with Crippen LogP contribution >= 0.6 is 0 Å². The quantitative estimate of drug-likeness (QED) is 0.106. The van der Waals surface area contributed by atoms with Crippen LogP contribution in [0.2, 0.25) is 0 Å². The monoisotopic (exact) mass is 679 g/mol. The van der Waals surface area contributed by atoms with Crippen LogP contribution in [0.1, 0.15) is 82.8 Å². The largest absolute Gasteiger partial charge is 0.481 e. The second-order valence-corrected chi connectivity index (χ2v) is 14.1. The highest BCUT2D eigenvalue weighted by molar-refractivity contribution is 5.99. The Balaban J connectivity index is 0.000000221. The van der Waals surface area contributed by atoms with E-state index in [0.717, 1.165) is 37.6 Å². The number of carbonyl (C=O) groups is 2. The minimum absolute atomic E-state index is 0.0126. The second kappa shape index (κ2) is 18.6. The highest BCUT2D eigenvalue weighted by atomic mass is 16.4. The van der Waals surface area contributed by atoms with E-state index >= 15 is 0 Å². The first-order chi connectivity index (χ1) is 23.5. The molecule has 2 aromatic rings. The highest BCUT2D eigenvalue weighted by Gasteiger charge is 2.39. The second-order valence-electron chi connectivity index (χ2n) is 14.1. The Kier molecular flexibility index (Phi) is 14.7. The van der Waals surface area contributed by atoms with E-state index in [0.29, 0.717) is 38.3 Å². The van der Waals surface area contributed by atoms with Crippen molar-refractivity contribution in [1.29, 1.82) is 0 Å². The molecule has 1 aromatic carbocycles. The lowest BCUT2D eigenvalue weighted by Gasteiger charge is -2.39. The number of aromatic amines is 1. The predicted molar refractivity (Wildman–Crippen MR) is 193 cm³/mol. The van der Waals surface area contributed by atoms with Gasteiger partial charge in [0, 0.05) is 54.5 Å². The number of aliphatic hydroxyl groups is 4. The summed E-state index contributed by atoms with van der Waals surface area (Å²) in [6.45, 7) is 4.60. The molecule has 2 aliphatic carbocycles. The molecule has 49 heavy (non-hydrogen) atoms. The number of fused-ring (bicyclic) bond motifs is 2. The minimum atomic E-state index is -0.787. The van der Waals surface area contributed by atoms with Crippen molar-refractivity contribution in [3.8, 4) is 0 Å². The summed E-state index contributed by atoms with van der Waals surface area (Å²) in [5.41, 5.74) is 4.99. The molecule has 1 amide bonds. The molecule has 1 fully saturated rings. The summed E-state index contributed by atoms with van der Waals surface area (Å²) in [5, 5.41) is 52.3. The topological polar surface area (TPSA) is 166 Å². The Morgan fingerprint density at radius 3 is 2.67 bits per heavy atom. The molecule has 0 unspecified atom stereocenters. The van der Waals surface area contributed by atoms with Crippen LogP contribution in [0.3, 0.4) is 0 Å². The molecule has 2 heterocycles. The lowest BCUT2D eigenvalue weighted by molar-refractivity contribution is -0.137. The van der Waals surface area contributed by atoms with Crippen molar-refractivity contribution < 1.29 is 35.1 Å². The maximum atomic E-state index is 12.5. The molecule has 0 bridgehead atoms. The van der Waals surface area contributed by atoms with Crippen molar-refractivity contribution in [1.82, 2.24) is 15.2 Å². The lowest BCUT2D eigenvalue weighted by atomic mass is 9.80. The standard InChI is InChI=1S/C20H34O5.C19H23N3O2/c1-2-3-6-9-15(21)12-13-17-16(18(22)14-19(17)23)10-7-4-5-8-11-20(24)25;1-11(10-23)21-19(24)13-6-15-14-4-3-5-16-18(14)12(8-20-16)7-17(15)22(2)9-13/h4,7,12-13,15-19,21-23H,2-3,5-6,8-11,14H2,1H3,(H,24,25);3-6,8,11,13,17,20,23H,7,9-10H2,1-2H3,(H,21,24)/b7-4-,13-12+;/t15-,16+,17+,18-,19+;11-,13+,17+/m00/s1. The van der Waals surface area contributed by atoms with Gasteiger partial charge < -0.3 is 35.8 Å². The highest BCUT2D eigenvalue weighted by Crippen LogP contribution is 2.41. The number of nitrogens with zero attached hydrogens (tertiary/aromatic N) is 1. The molecule has 270 valence electrons. The van der Waals surface area contributed by atoms with Crippen molar-refractivity contribution in [2.45, 2.75) is 108 Å². The number of amides is 1. The Bertz CT molecular complexity index is 1470. The number of aliphatic carboxylic acids is 1. The van der Waals surface area contributed by atoms with Gasteiger partial charge in [0.1, 0.15) is 0 Å². The van der Waals surface area contributed by atoms with Gasteiger partial charge >= 0.3 is 5.97 Å². The van der Waals surface area contributed by atoms with Crippen molar-refractivity contribution in [3.05, 3.63) is 65.9 Å². The molecule has 1 saturated carbocycles. The van der Waals surface area contributed by atoms with Gasteiger partial charge in [-0.1, -0.05) is 68.7 Å². The Morgan fingerprint density at radius 2 is 1.94 bits per heavy atom. The Morgan fingerprint density at radius 1 is 1.14 bits per heavy atom. The van der Waals surface area contributed by atoms with Crippen LogP contribution in [-0.4, -0.2) is 97.9 Å². The van der Waals surface area contributed by atoms with E-state index in [1.54, 1.807) is 6.08 Å². The van der Waals surface area contributed by atoms with E-state index in [-0.39, 0.29) is 42.7 Å². The number of likely N-dealkylation sites (N-methyl/N-ethyl adjacent to an activating group) is 1. The fourth-order valence-corrected chi connectivity index (χ4v) is 7.42. The van der Waals surface area contributed by atoms with E-state index in [1.807, 2.05) is 25.2 Å². The average Bonchev–Trinajstić information content (AvgIpc) is 3.61. The summed E-state index contributed by atoms with van der Waals surface area (Å²) in [4.78, 5) is 28.6. The van der Waals surface area contributed by atoms with Gasteiger partial charge in [-0.3, -0.25) is 14.5 Å². The zero-order chi connectivity index (χ0) is 35.5. The lowest BCUT2D eigenvalue weighted by Crippen LogP contribution is -2.48. The van der Waals surface area contributed by atoms with Gasteiger partial charge in [0.05, 0.1) is 30.8 Å². The van der Waals surface area contributed by atoms with Crippen LogP contribution in [0.5, 0.6) is 0 Å². The molecule has 8 atom stereocenters. The van der Waals surface area contributed by atoms with Crippen molar-refractivity contribution >= 4 is 28.4 Å². The molecule has 10 heteroatoms. The first kappa shape index (κ1) is 38.5. The molecule has 0 saturated heterocycles. The van der Waals surface area contributed by atoms with E-state index in [2.05, 4.69) is 59.6 Å². The number of allylic oxidation sites excluding steroid dienone is 2. The van der Waals surface area contributed by atoms with Gasteiger partial charge in [0.2, 0.25) is 5.91 Å². The Labute approximate surface area is 290 Å². The molecule has 3 aliphatic rings. The maximum absolute atomic E-state index is 12.5. The SMILES string of the molecule is CCCCC[C@H](O)/C=C/[C@@H]1[C@@H](C/C=C\CCCC(=O)O)[C@@H](O)C[C@H]1O.C[C@@H](CO)NC(=O)[C@@H]1C=C2c3cccc4[nH]cc(c34)C[C@H]2N(C)C1. The van der Waals surface area contributed by atoms with Crippen LogP contribution in [0.25, 0.3) is 16.5 Å². The number of hydrogen-bond donors (Lipinski definition) is 7. The molecule has 10 nitrogen and oxygen atoms in total. The number of H-pyrrole nitrogens is 1. The van der Waals surface area contributed by atoms with Gasteiger partial charge in [0.15, 0.2) is 0 Å². The summed E-state index contributed by atoms with van der Waals surface area (Å²) >= 11 is 0. The van der Waals surface area contributed by atoms with E-state index in [1.165, 1.54) is 22.1 Å². The average molecular weight is 680 g/mol. The molecule has 1 aliphatic heterocycles. The third-order valence-corrected chi connectivity index (χ3v) is 10.2. The molecule has 5 rings (SSSR count). The zero-order valence-corrected chi connectivity index (χ0v) is 29.3. The number of aliphatic hydroxyl groups excluding tert-OH is 4. The minimum Gasteiger partial charge on any atom is -0.481 e. The fourth-order valence-electron chi connectivity index (χ4n) is 7.42. The smallest absolute Gasteiger partial charge is 0.303 e. The fraction of sp³-hybridized carbons (Fsp3) is 0.590. The van der Waals surface area contributed by atoms with Crippen LogP contribution in [0, 0.1) is 17.8 Å². The molecule has 0 radical (unpaired) electrons. The van der Waals surface area contributed by atoms with Gasteiger partial charge in [-0.25, -0.2) is 0 Å². The number of nitrogens with one attached hydrogen (secondary N) is 2. The number of unbranched alkanes of at least 4 members (excludes halogenated alkanes) is 3. The van der Waals surface area contributed by atoms with Crippen LogP contribution in [0.4, 0.5) is 0 Å². The summed E-state index contributed by atoms with van der Waals surface area (Å²) in [5.74, 6) is -1.21. The first-order valence-corrected chi connectivity index (χ1v) is 18.1. The summed E-state index contributed by atoms with van der Waals surface area (Å²) in [6, 6.07) is 6.42. The van der Waals surface area contributed by atoms with Crippen LogP contribution in [0.15, 0.2) is 54.8 Å². The number of rotatable bonds is 15. The van der Waals surface area contributed by atoms with Crippen LogP contribution in [-0.2, 0) is 16.0 Å². The van der Waals surface area contributed by atoms with E-state index < -0.39 is 24.3 Å². The zero-order valence-electron chi connectivity index (χ0n) is 29.3. The van der Waals surface area contributed by atoms with Gasteiger partial charge in [-0.15, -0.1) is 0 Å². The predicted octanol–water partition coefficient (Wildman–Crippen LogP) is 4.58. The molecular weight excluding hydrogens is 622 g/mol. The van der Waals surface area contributed by atoms with Gasteiger partial charge in [0.25, 0.3) is 0 Å². The molecular formula is C39H57N3O7. The number of carboxylic acid groups (broad SMARTS) is 1. The van der Waals surface area contributed by atoms with Gasteiger partial charge in [-0.2, -0.15) is 0 Å². The maximum Gasteiger partial charge on any atom is 0.303 e. The van der Waals surface area contributed by atoms with Crippen molar-refractivity contribution in [2.75, 3.05) is 20.2 Å². The van der Waals surface area contributed by atoms with Crippen molar-refractivity contribution in [2.24, 2.45) is 17.8 Å². The summed E-state index contributed by atoms with van der Waals surface area (Å²) < 4.78 is 0. The third-order valence-electron chi connectivity index (χ3n) is 10.2. The summed E-state index contributed by atoms with van der Waals surface area (Å²) in [6.07, 6.45) is 17.5. The number of carbonyl (C=O) groups excluding carboxylic acids is 1. The van der Waals surface area contributed by atoms with Crippen molar-refractivity contribution in [3.63, 3.8) is 0 Å². The van der Waals surface area contributed by atoms with E-state index in [4.69, 9.17) is 10.2 Å². The first-order valence-electron chi connectivity index (χ1n) is 18.1. The number of aromatic nitrogens is 1. The third kappa shape index (κ3) is 10.4. The number of carboxylic acids is 1. The number of hydrogen-bond acceptors (Lipinski definition) is 7. The summed E-state index contributed by atoms with van der Waals surface area (Å²) in [7, 11) is 2.09.